The maximum absolute atomic E-state index is 12.5. The highest BCUT2D eigenvalue weighted by atomic mass is 19.4. The largest absolute Gasteiger partial charge is 0.480 e. The van der Waals surface area contributed by atoms with Crippen molar-refractivity contribution < 1.29 is 23.1 Å². The summed E-state index contributed by atoms with van der Waals surface area (Å²) in [7, 11) is 0. The van der Waals surface area contributed by atoms with Crippen molar-refractivity contribution in [3.63, 3.8) is 0 Å². The van der Waals surface area contributed by atoms with Crippen LogP contribution >= 0.6 is 0 Å². The van der Waals surface area contributed by atoms with Crippen molar-refractivity contribution in [2.75, 3.05) is 13.1 Å². The Morgan fingerprint density at radius 2 is 2.00 bits per heavy atom. The third-order valence-electron chi connectivity index (χ3n) is 3.96. The second-order valence-electron chi connectivity index (χ2n) is 5.51. The molecule has 0 spiro atoms. The van der Waals surface area contributed by atoms with Gasteiger partial charge in [-0.05, 0) is 43.0 Å². The number of carbonyl (C=O) groups is 1. The van der Waals surface area contributed by atoms with Gasteiger partial charge in [-0.2, -0.15) is 13.2 Å². The molecule has 0 saturated carbocycles. The van der Waals surface area contributed by atoms with Crippen molar-refractivity contribution in [1.29, 1.82) is 0 Å². The third kappa shape index (κ3) is 3.75. The zero-order chi connectivity index (χ0) is 15.6. The summed E-state index contributed by atoms with van der Waals surface area (Å²) in [6.45, 7) is 3.17. The highest BCUT2D eigenvalue weighted by molar-refractivity contribution is 5.73. The Hall–Kier alpha value is -1.56. The number of aliphatic carboxylic acids is 1. The van der Waals surface area contributed by atoms with Crippen LogP contribution in [0.2, 0.25) is 0 Å². The Morgan fingerprint density at radius 3 is 2.52 bits per heavy atom. The van der Waals surface area contributed by atoms with Gasteiger partial charge in [0, 0.05) is 6.54 Å². The molecule has 0 aliphatic carbocycles. The Bertz CT molecular complexity index is 499. The molecule has 1 unspecified atom stereocenters. The van der Waals surface area contributed by atoms with Crippen LogP contribution in [0.15, 0.2) is 24.3 Å². The molecule has 21 heavy (non-hydrogen) atoms. The second kappa shape index (κ2) is 6.05. The molecular weight excluding hydrogens is 283 g/mol. The molecule has 1 aliphatic heterocycles. The van der Waals surface area contributed by atoms with Crippen molar-refractivity contribution in [2.24, 2.45) is 0 Å². The number of benzene rings is 1. The molecule has 1 heterocycles. The standard InChI is InChI=1S/C15H18F3NO2/c1-10(9-19-8-2-3-13(19)14(20)21)11-4-6-12(7-5-11)15(16,17)18/h4-7,10,13H,2-3,8-9H2,1H3,(H,20,21)/t10?,13-/m0/s1. The Morgan fingerprint density at radius 1 is 1.38 bits per heavy atom. The first-order valence-corrected chi connectivity index (χ1v) is 6.93. The Balaban J connectivity index is 2.03. The minimum absolute atomic E-state index is 0.00719. The van der Waals surface area contributed by atoms with Crippen LogP contribution in [0.5, 0.6) is 0 Å². The van der Waals surface area contributed by atoms with Gasteiger partial charge in [-0.3, -0.25) is 9.69 Å². The quantitative estimate of drug-likeness (QED) is 0.927. The average molecular weight is 301 g/mol. The highest BCUT2D eigenvalue weighted by Crippen LogP contribution is 2.30. The summed E-state index contributed by atoms with van der Waals surface area (Å²) < 4.78 is 37.5. The van der Waals surface area contributed by atoms with Crippen molar-refractivity contribution in [2.45, 2.75) is 37.9 Å². The number of hydrogen-bond donors (Lipinski definition) is 1. The maximum Gasteiger partial charge on any atom is 0.416 e. The smallest absolute Gasteiger partial charge is 0.416 e. The van der Waals surface area contributed by atoms with Crippen LogP contribution < -0.4 is 0 Å². The molecule has 1 saturated heterocycles. The van der Waals surface area contributed by atoms with Gasteiger partial charge in [-0.1, -0.05) is 19.1 Å². The van der Waals surface area contributed by atoms with E-state index in [0.29, 0.717) is 13.0 Å². The monoisotopic (exact) mass is 301 g/mol. The third-order valence-corrected chi connectivity index (χ3v) is 3.96. The van der Waals surface area contributed by atoms with E-state index in [1.54, 1.807) is 0 Å². The summed E-state index contributed by atoms with van der Waals surface area (Å²) in [4.78, 5) is 13.0. The Kier molecular flexibility index (Phi) is 4.56. The Labute approximate surface area is 121 Å². The minimum Gasteiger partial charge on any atom is -0.480 e. The molecule has 1 fully saturated rings. The van der Waals surface area contributed by atoms with E-state index in [-0.39, 0.29) is 5.92 Å². The molecule has 2 rings (SSSR count). The summed E-state index contributed by atoms with van der Waals surface area (Å²) >= 11 is 0. The number of halogens is 3. The molecular formula is C15H18F3NO2. The van der Waals surface area contributed by atoms with Crippen LogP contribution in [0.4, 0.5) is 13.2 Å². The normalized spacial score (nSPS) is 21.4. The molecule has 0 bridgehead atoms. The molecule has 3 nitrogen and oxygen atoms in total. The molecule has 1 N–H and O–H groups in total. The molecule has 0 amide bonds. The van der Waals surface area contributed by atoms with Gasteiger partial charge in [0.2, 0.25) is 0 Å². The molecule has 2 atom stereocenters. The molecule has 0 aromatic heterocycles. The lowest BCUT2D eigenvalue weighted by Gasteiger charge is -2.25. The van der Waals surface area contributed by atoms with E-state index in [0.717, 1.165) is 30.7 Å². The van der Waals surface area contributed by atoms with Crippen LogP contribution in [0, 0.1) is 0 Å². The number of carboxylic acids is 1. The zero-order valence-electron chi connectivity index (χ0n) is 11.7. The van der Waals surface area contributed by atoms with Gasteiger partial charge in [0.15, 0.2) is 0 Å². The van der Waals surface area contributed by atoms with E-state index in [1.807, 2.05) is 11.8 Å². The molecule has 1 aromatic carbocycles. The number of rotatable bonds is 4. The zero-order valence-corrected chi connectivity index (χ0v) is 11.7. The fourth-order valence-electron chi connectivity index (χ4n) is 2.78. The molecule has 1 aliphatic rings. The predicted molar refractivity (Wildman–Crippen MR) is 72.1 cm³/mol. The lowest BCUT2D eigenvalue weighted by Crippen LogP contribution is -2.38. The molecule has 0 radical (unpaired) electrons. The van der Waals surface area contributed by atoms with Gasteiger partial charge in [0.05, 0.1) is 5.56 Å². The second-order valence-corrected chi connectivity index (χ2v) is 5.51. The SMILES string of the molecule is CC(CN1CCC[C@H]1C(=O)O)c1ccc(C(F)(F)F)cc1. The van der Waals surface area contributed by atoms with E-state index in [4.69, 9.17) is 5.11 Å². The first-order chi connectivity index (χ1) is 9.79. The molecule has 1 aromatic rings. The van der Waals surface area contributed by atoms with Crippen LogP contribution in [-0.4, -0.2) is 35.1 Å². The first-order valence-electron chi connectivity index (χ1n) is 6.93. The van der Waals surface area contributed by atoms with Gasteiger partial charge >= 0.3 is 12.1 Å². The van der Waals surface area contributed by atoms with Crippen LogP contribution in [0.25, 0.3) is 0 Å². The summed E-state index contributed by atoms with van der Waals surface area (Å²) in [5, 5.41) is 9.13. The van der Waals surface area contributed by atoms with Gasteiger partial charge in [-0.15, -0.1) is 0 Å². The van der Waals surface area contributed by atoms with E-state index >= 15 is 0 Å². The minimum atomic E-state index is -4.33. The number of hydrogen-bond acceptors (Lipinski definition) is 2. The van der Waals surface area contributed by atoms with Gasteiger partial charge in [0.25, 0.3) is 0 Å². The fraction of sp³-hybridized carbons (Fsp3) is 0.533. The predicted octanol–water partition coefficient (Wildman–Crippen LogP) is 3.36. The topological polar surface area (TPSA) is 40.5 Å². The number of carboxylic acid groups (broad SMARTS) is 1. The van der Waals surface area contributed by atoms with Crippen molar-refractivity contribution in [1.82, 2.24) is 4.90 Å². The van der Waals surface area contributed by atoms with Gasteiger partial charge in [-0.25, -0.2) is 0 Å². The van der Waals surface area contributed by atoms with Crippen LogP contribution in [0.3, 0.4) is 0 Å². The van der Waals surface area contributed by atoms with Crippen LogP contribution in [-0.2, 0) is 11.0 Å². The number of likely N-dealkylation sites (tertiary alicyclic amines) is 1. The fourth-order valence-corrected chi connectivity index (χ4v) is 2.78. The number of alkyl halides is 3. The summed E-state index contributed by atoms with van der Waals surface area (Å²) in [6.07, 6.45) is -2.85. The van der Waals surface area contributed by atoms with E-state index in [9.17, 15) is 18.0 Å². The average Bonchev–Trinajstić information content (AvgIpc) is 2.86. The summed E-state index contributed by atoms with van der Waals surface area (Å²) in [5.41, 5.74) is 0.127. The van der Waals surface area contributed by atoms with Crippen LogP contribution in [0.1, 0.15) is 36.8 Å². The highest BCUT2D eigenvalue weighted by Gasteiger charge is 2.32. The van der Waals surface area contributed by atoms with Crippen molar-refractivity contribution in [3.05, 3.63) is 35.4 Å². The maximum atomic E-state index is 12.5. The first kappa shape index (κ1) is 15.8. The van der Waals surface area contributed by atoms with E-state index in [2.05, 4.69) is 0 Å². The molecule has 6 heteroatoms. The van der Waals surface area contributed by atoms with Gasteiger partial charge in [0.1, 0.15) is 6.04 Å². The van der Waals surface area contributed by atoms with E-state index in [1.165, 1.54) is 12.1 Å². The summed E-state index contributed by atoms with van der Waals surface area (Å²) in [5.74, 6) is -0.834. The van der Waals surface area contributed by atoms with Crippen molar-refractivity contribution in [3.8, 4) is 0 Å². The van der Waals surface area contributed by atoms with Gasteiger partial charge < -0.3 is 5.11 Å². The number of nitrogens with zero attached hydrogens (tertiary/aromatic N) is 1. The molecule has 116 valence electrons. The summed E-state index contributed by atoms with van der Waals surface area (Å²) in [6, 6.07) is 4.62. The lowest BCUT2D eigenvalue weighted by atomic mass is 9.99. The van der Waals surface area contributed by atoms with Crippen molar-refractivity contribution >= 4 is 5.97 Å². The van der Waals surface area contributed by atoms with E-state index < -0.39 is 23.8 Å². The lowest BCUT2D eigenvalue weighted by molar-refractivity contribution is -0.142.